The van der Waals surface area contributed by atoms with Crippen LogP contribution in [0.15, 0.2) is 35.3 Å². The van der Waals surface area contributed by atoms with E-state index in [1.807, 2.05) is 0 Å². The van der Waals surface area contributed by atoms with Gasteiger partial charge in [-0.05, 0) is 44.0 Å². The average Bonchev–Trinajstić information content (AvgIpc) is 2.67. The van der Waals surface area contributed by atoms with Gasteiger partial charge in [-0.1, -0.05) is 0 Å². The van der Waals surface area contributed by atoms with Crippen molar-refractivity contribution in [1.82, 2.24) is 10.0 Å². The summed E-state index contributed by atoms with van der Waals surface area (Å²) in [4.78, 5) is 24.6. The van der Waals surface area contributed by atoms with Gasteiger partial charge in [0.05, 0.1) is 7.11 Å². The number of carbonyl (C=O) groups excluding carboxylic acids is 1. The SMILES string of the molecule is COc1ccc(-c2ccn(CC[C@](C)(C(=O)NO)S(C)(=O)=O)c(=O)c2C)c(F)c1. The van der Waals surface area contributed by atoms with Crippen LogP contribution in [0.1, 0.15) is 18.9 Å². The van der Waals surface area contributed by atoms with Gasteiger partial charge in [0.1, 0.15) is 11.6 Å². The second kappa shape index (κ2) is 8.34. The summed E-state index contributed by atoms with van der Waals surface area (Å²) in [5, 5.41) is 8.88. The first-order valence-corrected chi connectivity index (χ1v) is 10.5. The van der Waals surface area contributed by atoms with E-state index in [-0.39, 0.29) is 24.1 Å². The highest BCUT2D eigenvalue weighted by Crippen LogP contribution is 2.28. The lowest BCUT2D eigenvalue weighted by atomic mass is 10.0. The van der Waals surface area contributed by atoms with E-state index in [2.05, 4.69) is 0 Å². The van der Waals surface area contributed by atoms with Crippen molar-refractivity contribution in [3.05, 3.63) is 52.2 Å². The number of sulfone groups is 1. The van der Waals surface area contributed by atoms with Gasteiger partial charge in [0.25, 0.3) is 11.5 Å². The number of hydrogen-bond acceptors (Lipinski definition) is 6. The molecule has 1 heterocycles. The molecule has 10 heteroatoms. The quantitative estimate of drug-likeness (QED) is 0.514. The molecule has 0 unspecified atom stereocenters. The van der Waals surface area contributed by atoms with E-state index >= 15 is 0 Å². The standard InChI is InChI=1S/C19H23FN2O6S/c1-12-14(15-6-5-13(28-3)11-16(15)20)7-9-22(17(12)23)10-8-19(2,18(24)21-25)29(4,26)27/h5-7,9,11,25H,8,10H2,1-4H3,(H,21,24)/t19-/m1/s1. The first-order chi connectivity index (χ1) is 13.5. The van der Waals surface area contributed by atoms with Crippen LogP contribution in [0.2, 0.25) is 0 Å². The summed E-state index contributed by atoms with van der Waals surface area (Å²) in [5.41, 5.74) is 1.81. The number of rotatable bonds is 7. The van der Waals surface area contributed by atoms with Crippen molar-refractivity contribution in [1.29, 1.82) is 0 Å². The normalized spacial score (nSPS) is 13.6. The molecule has 0 spiro atoms. The highest BCUT2D eigenvalue weighted by atomic mass is 32.2. The van der Waals surface area contributed by atoms with Crippen molar-refractivity contribution in [3.8, 4) is 16.9 Å². The molecule has 0 saturated heterocycles. The molecule has 29 heavy (non-hydrogen) atoms. The topological polar surface area (TPSA) is 115 Å². The number of nitrogens with one attached hydrogen (secondary N) is 1. The van der Waals surface area contributed by atoms with Crippen molar-refractivity contribution >= 4 is 15.7 Å². The van der Waals surface area contributed by atoms with Crippen LogP contribution in [-0.4, -0.2) is 42.2 Å². The average molecular weight is 426 g/mol. The number of hydrogen-bond donors (Lipinski definition) is 2. The molecule has 0 bridgehead atoms. The van der Waals surface area contributed by atoms with Crippen LogP contribution in [0.25, 0.3) is 11.1 Å². The second-order valence-corrected chi connectivity index (χ2v) is 9.34. The highest BCUT2D eigenvalue weighted by Gasteiger charge is 2.43. The Bertz CT molecular complexity index is 1100. The third kappa shape index (κ3) is 4.33. The molecule has 0 aliphatic carbocycles. The Morgan fingerprint density at radius 1 is 1.31 bits per heavy atom. The number of benzene rings is 1. The molecule has 2 rings (SSSR count). The summed E-state index contributed by atoms with van der Waals surface area (Å²) in [5.74, 6) is -1.28. The third-order valence-corrected chi connectivity index (χ3v) is 7.13. The Balaban J connectivity index is 2.40. The number of aromatic nitrogens is 1. The lowest BCUT2D eigenvalue weighted by molar-refractivity contribution is -0.131. The number of amides is 1. The van der Waals surface area contributed by atoms with E-state index in [9.17, 15) is 22.4 Å². The smallest absolute Gasteiger partial charge is 0.264 e. The summed E-state index contributed by atoms with van der Waals surface area (Å²) >= 11 is 0. The number of ether oxygens (including phenoxy) is 1. The zero-order valence-corrected chi connectivity index (χ0v) is 17.3. The molecule has 0 aliphatic heterocycles. The summed E-state index contributed by atoms with van der Waals surface area (Å²) in [6.07, 6.45) is 2.05. The molecule has 1 amide bonds. The van der Waals surface area contributed by atoms with Crippen molar-refractivity contribution in [3.63, 3.8) is 0 Å². The molecule has 1 aromatic carbocycles. The molecule has 0 radical (unpaired) electrons. The fraction of sp³-hybridized carbons (Fsp3) is 0.368. The van der Waals surface area contributed by atoms with Crippen molar-refractivity contribution in [2.45, 2.75) is 31.6 Å². The van der Waals surface area contributed by atoms with Crippen LogP contribution in [0.3, 0.4) is 0 Å². The molecule has 1 atom stereocenters. The van der Waals surface area contributed by atoms with Crippen LogP contribution in [-0.2, 0) is 21.2 Å². The number of nitrogens with zero attached hydrogens (tertiary/aromatic N) is 1. The van der Waals surface area contributed by atoms with Gasteiger partial charge < -0.3 is 9.30 Å². The van der Waals surface area contributed by atoms with E-state index in [0.717, 1.165) is 6.26 Å². The molecule has 8 nitrogen and oxygen atoms in total. The summed E-state index contributed by atoms with van der Waals surface area (Å²) < 4.78 is 42.8. The van der Waals surface area contributed by atoms with Gasteiger partial charge in [-0.15, -0.1) is 0 Å². The van der Waals surface area contributed by atoms with Gasteiger partial charge in [-0.3, -0.25) is 14.8 Å². The molecule has 0 aliphatic rings. The Labute approximate surface area is 167 Å². The van der Waals surface area contributed by atoms with Gasteiger partial charge >= 0.3 is 0 Å². The minimum Gasteiger partial charge on any atom is -0.497 e. The van der Waals surface area contributed by atoms with Crippen molar-refractivity contribution < 1.29 is 27.5 Å². The largest absolute Gasteiger partial charge is 0.497 e. The number of aryl methyl sites for hydroxylation is 1. The predicted octanol–water partition coefficient (Wildman–Crippen LogP) is 1.67. The molecule has 2 aromatic rings. The van der Waals surface area contributed by atoms with E-state index in [1.54, 1.807) is 12.1 Å². The Hall–Kier alpha value is -2.72. The Morgan fingerprint density at radius 3 is 2.48 bits per heavy atom. The number of halogens is 1. The first kappa shape index (κ1) is 22.6. The molecular weight excluding hydrogens is 403 g/mol. The number of methoxy groups -OCH3 is 1. The molecule has 1 aromatic heterocycles. The van der Waals surface area contributed by atoms with Crippen LogP contribution in [0.5, 0.6) is 5.75 Å². The molecule has 0 fully saturated rings. The van der Waals surface area contributed by atoms with Gasteiger partial charge in [0, 0.05) is 36.2 Å². The fourth-order valence-electron chi connectivity index (χ4n) is 2.92. The lowest BCUT2D eigenvalue weighted by Gasteiger charge is -2.25. The fourth-order valence-corrected chi connectivity index (χ4v) is 3.76. The Kier molecular flexibility index (Phi) is 6.49. The summed E-state index contributed by atoms with van der Waals surface area (Å²) in [7, 11) is -2.46. The third-order valence-electron chi connectivity index (χ3n) is 5.10. The number of hydroxylamine groups is 1. The van der Waals surface area contributed by atoms with Gasteiger partial charge in [-0.2, -0.15) is 0 Å². The molecule has 0 saturated carbocycles. The van der Waals surface area contributed by atoms with Gasteiger partial charge in [0.15, 0.2) is 14.6 Å². The maximum atomic E-state index is 14.4. The van der Waals surface area contributed by atoms with E-state index < -0.39 is 31.9 Å². The van der Waals surface area contributed by atoms with E-state index in [1.165, 1.54) is 49.3 Å². The Morgan fingerprint density at radius 2 is 1.97 bits per heavy atom. The zero-order chi connectivity index (χ0) is 22.0. The maximum Gasteiger partial charge on any atom is 0.264 e. The van der Waals surface area contributed by atoms with Gasteiger partial charge in [-0.25, -0.2) is 18.3 Å². The maximum absolute atomic E-state index is 14.4. The van der Waals surface area contributed by atoms with Crippen LogP contribution in [0, 0.1) is 12.7 Å². The highest BCUT2D eigenvalue weighted by molar-refractivity contribution is 7.92. The number of pyridine rings is 1. The zero-order valence-electron chi connectivity index (χ0n) is 16.5. The minimum atomic E-state index is -3.88. The van der Waals surface area contributed by atoms with Crippen LogP contribution in [0.4, 0.5) is 4.39 Å². The summed E-state index contributed by atoms with van der Waals surface area (Å²) in [6.45, 7) is 2.61. The van der Waals surface area contributed by atoms with E-state index in [0.29, 0.717) is 11.3 Å². The van der Waals surface area contributed by atoms with Crippen LogP contribution >= 0.6 is 0 Å². The van der Waals surface area contributed by atoms with Crippen LogP contribution < -0.4 is 15.8 Å². The lowest BCUT2D eigenvalue weighted by Crippen LogP contribution is -2.50. The monoisotopic (exact) mass is 426 g/mol. The molecule has 2 N–H and O–H groups in total. The van der Waals surface area contributed by atoms with E-state index in [4.69, 9.17) is 9.94 Å². The number of carbonyl (C=O) groups is 1. The summed E-state index contributed by atoms with van der Waals surface area (Å²) in [6, 6.07) is 5.85. The minimum absolute atomic E-state index is 0.0952. The van der Waals surface area contributed by atoms with Crippen molar-refractivity contribution in [2.75, 3.05) is 13.4 Å². The first-order valence-electron chi connectivity index (χ1n) is 8.64. The van der Waals surface area contributed by atoms with Gasteiger partial charge in [0.2, 0.25) is 0 Å². The molecule has 158 valence electrons. The predicted molar refractivity (Wildman–Crippen MR) is 105 cm³/mol. The second-order valence-electron chi connectivity index (χ2n) is 6.89. The van der Waals surface area contributed by atoms with Crippen molar-refractivity contribution in [2.24, 2.45) is 0 Å². The molecular formula is C19H23FN2O6S.